The van der Waals surface area contributed by atoms with E-state index in [-0.39, 0.29) is 46.6 Å². The van der Waals surface area contributed by atoms with Crippen LogP contribution in [0.3, 0.4) is 0 Å². The van der Waals surface area contributed by atoms with Gasteiger partial charge in [0.1, 0.15) is 5.75 Å². The number of alkyl halides is 2. The highest BCUT2D eigenvalue weighted by Gasteiger charge is 2.45. The van der Waals surface area contributed by atoms with E-state index in [0.717, 1.165) is 5.56 Å². The third-order valence-electron chi connectivity index (χ3n) is 5.28. The average Bonchev–Trinajstić information content (AvgIpc) is 2.85. The van der Waals surface area contributed by atoms with Crippen LogP contribution in [0, 0.1) is 0 Å². The molecule has 6 radical (unpaired) electrons. The first-order valence-electron chi connectivity index (χ1n) is 10.4. The van der Waals surface area contributed by atoms with Crippen LogP contribution in [-0.4, -0.2) is 60.3 Å². The maximum absolute atomic E-state index is 13.5. The molecule has 0 saturated heterocycles. The number of carbonyl (C=O) groups excluding carboxylic acids is 2. The van der Waals surface area contributed by atoms with Crippen LogP contribution in [-0.2, 0) is 33.8 Å². The van der Waals surface area contributed by atoms with Gasteiger partial charge in [0.15, 0.2) is 6.61 Å². The molecule has 3 rings (SSSR count). The molecule has 0 aliphatic carbocycles. The van der Waals surface area contributed by atoms with Crippen molar-refractivity contribution < 1.29 is 40.8 Å². The summed E-state index contributed by atoms with van der Waals surface area (Å²) in [5.41, 5.74) is 1.60. The molecule has 0 saturated carbocycles. The number of hydrogen-bond acceptors (Lipinski definition) is 6. The van der Waals surface area contributed by atoms with Crippen LogP contribution in [0.5, 0.6) is 5.75 Å². The summed E-state index contributed by atoms with van der Waals surface area (Å²) in [6.45, 7) is -1.90. The molecule has 0 bridgehead atoms. The Morgan fingerprint density at radius 2 is 1.36 bits per heavy atom. The summed E-state index contributed by atoms with van der Waals surface area (Å²) >= 11 is 0. The molecular weight excluding hydrogens is 491 g/mol. The maximum Gasteiger partial charge on any atom is 0.402 e. The van der Waals surface area contributed by atoms with Crippen LogP contribution >= 0.6 is 0 Å². The lowest BCUT2D eigenvalue weighted by Gasteiger charge is -2.17. The minimum atomic E-state index is -5.78. The summed E-state index contributed by atoms with van der Waals surface area (Å²) in [5, 5.41) is -4.30. The third kappa shape index (κ3) is 5.62. The van der Waals surface area contributed by atoms with Crippen molar-refractivity contribution >= 4 is 56.4 Å². The summed E-state index contributed by atoms with van der Waals surface area (Å²) in [5.74, 6) is -1.90. The Balaban J connectivity index is 1.97. The predicted octanol–water partition coefficient (Wildman–Crippen LogP) is 2.70. The van der Waals surface area contributed by atoms with E-state index in [2.05, 4.69) is 4.74 Å². The summed E-state index contributed by atoms with van der Waals surface area (Å²) in [7, 11) is 11.5. The quantitative estimate of drug-likeness (QED) is 0.205. The Kier molecular flexibility index (Phi) is 8.25. The van der Waals surface area contributed by atoms with Gasteiger partial charge in [-0.25, -0.2) is 9.59 Å². The van der Waals surface area contributed by atoms with Gasteiger partial charge in [-0.1, -0.05) is 60.9 Å². The van der Waals surface area contributed by atoms with E-state index in [1.807, 2.05) is 0 Å². The first-order chi connectivity index (χ1) is 16.9. The van der Waals surface area contributed by atoms with Crippen LogP contribution in [0.25, 0.3) is 10.8 Å². The monoisotopic (exact) mass is 508 g/mol. The third-order valence-corrected chi connectivity index (χ3v) is 6.16. The highest BCUT2D eigenvalue weighted by atomic mass is 32.2. The van der Waals surface area contributed by atoms with Gasteiger partial charge in [-0.3, -0.25) is 4.55 Å². The van der Waals surface area contributed by atoms with Crippen LogP contribution in [0.4, 0.5) is 8.78 Å². The standard InChI is InChI=1S/C23H17B3F2O7S/c24-9-13-7-14(10-25)20(15(8-13)11-26)35-22(30)19-6-2-3-16-17(19)4-1-5-18(16)21(29)34-12-23(27,28)36(31,32)33/h1-8H,9-12H2,(H,31,32,33). The molecule has 180 valence electrons. The molecule has 0 heterocycles. The molecule has 1 N–H and O–H groups in total. The zero-order chi connectivity index (χ0) is 26.7. The Hall–Kier alpha value is -3.18. The largest absolute Gasteiger partial charge is 0.454 e. The van der Waals surface area contributed by atoms with Gasteiger partial charge in [0, 0.05) is 0 Å². The molecule has 13 heteroatoms. The van der Waals surface area contributed by atoms with E-state index >= 15 is 0 Å². The van der Waals surface area contributed by atoms with Crippen molar-refractivity contribution in [2.75, 3.05) is 6.61 Å². The van der Waals surface area contributed by atoms with Crippen LogP contribution in [0.15, 0.2) is 48.5 Å². The first-order valence-corrected chi connectivity index (χ1v) is 11.9. The number of rotatable bonds is 9. The lowest BCUT2D eigenvalue weighted by atomic mass is 9.85. The number of fused-ring (bicyclic) bond motifs is 1. The Morgan fingerprint density at radius 1 is 0.861 bits per heavy atom. The molecule has 0 atom stereocenters. The molecule has 0 aliphatic heterocycles. The summed E-state index contributed by atoms with van der Waals surface area (Å²) in [6.07, 6.45) is 0.318. The molecule has 0 aromatic heterocycles. The van der Waals surface area contributed by atoms with E-state index in [1.165, 1.54) is 36.4 Å². The van der Waals surface area contributed by atoms with E-state index in [0.29, 0.717) is 11.1 Å². The molecular formula is C23H17B3F2O7S. The second-order valence-electron chi connectivity index (χ2n) is 7.64. The van der Waals surface area contributed by atoms with E-state index in [4.69, 9.17) is 32.8 Å². The minimum Gasteiger partial charge on any atom is -0.454 e. The highest BCUT2D eigenvalue weighted by Crippen LogP contribution is 2.30. The normalized spacial score (nSPS) is 11.9. The lowest BCUT2D eigenvalue weighted by molar-refractivity contribution is -0.00937. The van der Waals surface area contributed by atoms with Crippen molar-refractivity contribution in [3.05, 3.63) is 76.3 Å². The number of halogens is 2. The zero-order valence-electron chi connectivity index (χ0n) is 18.7. The van der Waals surface area contributed by atoms with Crippen molar-refractivity contribution in [3.63, 3.8) is 0 Å². The topological polar surface area (TPSA) is 107 Å². The van der Waals surface area contributed by atoms with Gasteiger partial charge in [-0.05, 0) is 34.0 Å². The lowest BCUT2D eigenvalue weighted by Crippen LogP contribution is -2.34. The van der Waals surface area contributed by atoms with Crippen LogP contribution in [0.1, 0.15) is 37.4 Å². The SMILES string of the molecule is [B]Cc1cc(C[B])c(OC(=O)c2cccc3c(C(=O)OCC(F)(F)S(=O)(=O)O)cccc23)c(C[B])c1. The van der Waals surface area contributed by atoms with Gasteiger partial charge in [0.25, 0.3) is 0 Å². The van der Waals surface area contributed by atoms with Gasteiger partial charge in [-0.15, -0.1) is 0 Å². The Bertz CT molecular complexity index is 1400. The molecule has 36 heavy (non-hydrogen) atoms. The van der Waals surface area contributed by atoms with E-state index in [1.54, 1.807) is 12.1 Å². The van der Waals surface area contributed by atoms with Gasteiger partial charge in [0.2, 0.25) is 0 Å². The van der Waals surface area contributed by atoms with E-state index < -0.39 is 33.9 Å². The highest BCUT2D eigenvalue weighted by molar-refractivity contribution is 7.86. The molecule has 0 fully saturated rings. The Morgan fingerprint density at radius 3 is 1.81 bits per heavy atom. The number of hydrogen-bond donors (Lipinski definition) is 1. The number of ether oxygens (including phenoxy) is 2. The van der Waals surface area contributed by atoms with Gasteiger partial charge in [0.05, 0.1) is 34.7 Å². The molecule has 7 nitrogen and oxygen atoms in total. The van der Waals surface area contributed by atoms with Crippen LogP contribution < -0.4 is 4.74 Å². The zero-order valence-corrected chi connectivity index (χ0v) is 19.6. The fourth-order valence-electron chi connectivity index (χ4n) is 3.49. The molecule has 0 amide bonds. The van der Waals surface area contributed by atoms with Crippen molar-refractivity contribution in [1.29, 1.82) is 0 Å². The number of benzene rings is 3. The average molecular weight is 508 g/mol. The van der Waals surface area contributed by atoms with Gasteiger partial charge < -0.3 is 9.47 Å². The van der Waals surface area contributed by atoms with E-state index in [9.17, 15) is 26.8 Å². The minimum absolute atomic E-state index is 0.0410. The molecule has 0 aliphatic rings. The fourth-order valence-corrected chi connectivity index (χ4v) is 3.70. The van der Waals surface area contributed by atoms with Crippen LogP contribution in [0.2, 0.25) is 0 Å². The van der Waals surface area contributed by atoms with Crippen molar-refractivity contribution in [2.45, 2.75) is 24.2 Å². The van der Waals surface area contributed by atoms with Gasteiger partial charge in [-0.2, -0.15) is 17.2 Å². The number of esters is 2. The maximum atomic E-state index is 13.5. The molecule has 0 spiro atoms. The second-order valence-corrected chi connectivity index (χ2v) is 9.19. The molecule has 0 unspecified atom stereocenters. The predicted molar refractivity (Wildman–Crippen MR) is 131 cm³/mol. The number of carbonyl (C=O) groups is 2. The molecule has 3 aromatic carbocycles. The van der Waals surface area contributed by atoms with Crippen molar-refractivity contribution in [3.8, 4) is 5.75 Å². The summed E-state index contributed by atoms with van der Waals surface area (Å²) in [6, 6.07) is 11.8. The molecule has 3 aromatic rings. The summed E-state index contributed by atoms with van der Waals surface area (Å²) in [4.78, 5) is 25.6. The Labute approximate surface area is 210 Å². The fraction of sp³-hybridized carbons (Fsp3) is 0.217. The van der Waals surface area contributed by atoms with Crippen molar-refractivity contribution in [1.82, 2.24) is 0 Å². The smallest absolute Gasteiger partial charge is 0.402 e. The van der Waals surface area contributed by atoms with Crippen molar-refractivity contribution in [2.24, 2.45) is 0 Å². The van der Waals surface area contributed by atoms with Gasteiger partial charge >= 0.3 is 27.3 Å². The first kappa shape index (κ1) is 27.4. The summed E-state index contributed by atoms with van der Waals surface area (Å²) < 4.78 is 67.1. The second kappa shape index (κ2) is 10.8.